The summed E-state index contributed by atoms with van der Waals surface area (Å²) in [6.07, 6.45) is 1.75. The highest BCUT2D eigenvalue weighted by atomic mass is 35.5. The van der Waals surface area contributed by atoms with Gasteiger partial charge in [0.05, 0.1) is 15.6 Å². The van der Waals surface area contributed by atoms with Crippen LogP contribution in [0.5, 0.6) is 0 Å². The molecule has 0 aliphatic heterocycles. The number of rotatable bonds is 5. The summed E-state index contributed by atoms with van der Waals surface area (Å²) in [6, 6.07) is 22.7. The van der Waals surface area contributed by atoms with Crippen molar-refractivity contribution in [1.29, 1.82) is 0 Å². The minimum Gasteiger partial charge on any atom is -0.390 e. The summed E-state index contributed by atoms with van der Waals surface area (Å²) in [6.45, 7) is 0.225. The molecule has 3 nitrogen and oxygen atoms in total. The first-order valence-corrected chi connectivity index (χ1v) is 10.00. The average molecular weight is 442 g/mol. The Labute approximate surface area is 183 Å². The van der Waals surface area contributed by atoms with Gasteiger partial charge < -0.3 is 4.84 Å². The first kappa shape index (κ1) is 19.7. The van der Waals surface area contributed by atoms with E-state index in [1.165, 1.54) is 0 Å². The van der Waals surface area contributed by atoms with Gasteiger partial charge in [-0.3, -0.25) is 4.98 Å². The van der Waals surface area contributed by atoms with Crippen LogP contribution in [0.3, 0.4) is 0 Å². The van der Waals surface area contributed by atoms with Crippen molar-refractivity contribution in [3.05, 3.63) is 111 Å². The van der Waals surface area contributed by atoms with Crippen LogP contribution in [0.15, 0.2) is 84.1 Å². The number of nitrogens with zero attached hydrogens (tertiary/aromatic N) is 2. The van der Waals surface area contributed by atoms with E-state index in [9.17, 15) is 0 Å². The lowest BCUT2D eigenvalue weighted by Crippen LogP contribution is -2.07. The van der Waals surface area contributed by atoms with Crippen LogP contribution in [0.4, 0.5) is 0 Å². The minimum absolute atomic E-state index is 0.225. The van der Waals surface area contributed by atoms with Crippen molar-refractivity contribution in [3.63, 3.8) is 0 Å². The lowest BCUT2D eigenvalue weighted by Gasteiger charge is -2.11. The standard InChI is InChI=1S/C23H15Cl3N2O/c24-19-9-3-1-7-16(19)14-29-28-23(18-8-5-10-20(25)22(18)26)17-12-15-6-2-4-11-21(15)27-13-17/h1-13H,14H2. The van der Waals surface area contributed by atoms with Gasteiger partial charge in [0.25, 0.3) is 0 Å². The van der Waals surface area contributed by atoms with E-state index in [0.29, 0.717) is 26.3 Å². The zero-order valence-corrected chi connectivity index (χ0v) is 17.4. The Morgan fingerprint density at radius 3 is 2.48 bits per heavy atom. The molecule has 0 unspecified atom stereocenters. The monoisotopic (exact) mass is 440 g/mol. The van der Waals surface area contributed by atoms with Gasteiger partial charge in [0, 0.05) is 33.3 Å². The SMILES string of the molecule is Clc1ccccc1CON=C(c1cnc2ccccc2c1)c1cccc(Cl)c1Cl. The molecule has 6 heteroatoms. The Morgan fingerprint density at radius 1 is 0.862 bits per heavy atom. The van der Waals surface area contributed by atoms with E-state index in [-0.39, 0.29) is 6.61 Å². The van der Waals surface area contributed by atoms with E-state index in [4.69, 9.17) is 39.6 Å². The Morgan fingerprint density at radius 2 is 1.62 bits per heavy atom. The Hall–Kier alpha value is -2.59. The molecule has 0 spiro atoms. The minimum atomic E-state index is 0.225. The van der Waals surface area contributed by atoms with Crippen molar-refractivity contribution in [2.24, 2.45) is 5.16 Å². The molecule has 0 fully saturated rings. The van der Waals surface area contributed by atoms with Crippen LogP contribution in [0, 0.1) is 0 Å². The molecule has 0 saturated carbocycles. The van der Waals surface area contributed by atoms with Crippen LogP contribution >= 0.6 is 34.8 Å². The normalized spacial score (nSPS) is 11.6. The second-order valence-corrected chi connectivity index (χ2v) is 7.52. The molecule has 0 amide bonds. The molecule has 0 bridgehead atoms. The van der Waals surface area contributed by atoms with Gasteiger partial charge in [-0.1, -0.05) is 88.5 Å². The number of aromatic nitrogens is 1. The van der Waals surface area contributed by atoms with Crippen molar-refractivity contribution < 1.29 is 4.84 Å². The van der Waals surface area contributed by atoms with Crippen molar-refractivity contribution in [2.75, 3.05) is 0 Å². The molecular formula is C23H15Cl3N2O. The molecule has 3 aromatic carbocycles. The van der Waals surface area contributed by atoms with Gasteiger partial charge in [-0.15, -0.1) is 0 Å². The molecule has 0 N–H and O–H groups in total. The Kier molecular flexibility index (Phi) is 6.00. The van der Waals surface area contributed by atoms with Crippen molar-refractivity contribution in [1.82, 2.24) is 4.98 Å². The summed E-state index contributed by atoms with van der Waals surface area (Å²) < 4.78 is 0. The van der Waals surface area contributed by atoms with E-state index >= 15 is 0 Å². The van der Waals surface area contributed by atoms with Crippen molar-refractivity contribution in [3.8, 4) is 0 Å². The number of hydrogen-bond donors (Lipinski definition) is 0. The smallest absolute Gasteiger partial charge is 0.143 e. The molecule has 1 aromatic heterocycles. The lowest BCUT2D eigenvalue weighted by atomic mass is 10.0. The predicted octanol–water partition coefficient (Wildman–Crippen LogP) is 7.16. The van der Waals surface area contributed by atoms with E-state index in [1.807, 2.05) is 66.7 Å². The largest absolute Gasteiger partial charge is 0.390 e. The first-order valence-electron chi connectivity index (χ1n) is 8.86. The van der Waals surface area contributed by atoms with Gasteiger partial charge in [-0.25, -0.2) is 0 Å². The van der Waals surface area contributed by atoms with E-state index in [2.05, 4.69) is 10.1 Å². The molecule has 0 saturated heterocycles. The number of fused-ring (bicyclic) bond motifs is 1. The summed E-state index contributed by atoms with van der Waals surface area (Å²) >= 11 is 18.9. The summed E-state index contributed by atoms with van der Waals surface area (Å²) in [5.41, 5.74) is 3.71. The summed E-state index contributed by atoms with van der Waals surface area (Å²) in [7, 11) is 0. The number of para-hydroxylation sites is 1. The number of oxime groups is 1. The molecule has 0 radical (unpaired) electrons. The molecule has 4 rings (SSSR count). The topological polar surface area (TPSA) is 34.5 Å². The average Bonchev–Trinajstić information content (AvgIpc) is 2.74. The van der Waals surface area contributed by atoms with E-state index in [0.717, 1.165) is 22.0 Å². The summed E-state index contributed by atoms with van der Waals surface area (Å²) in [4.78, 5) is 10.2. The highest BCUT2D eigenvalue weighted by Crippen LogP contribution is 2.29. The fourth-order valence-corrected chi connectivity index (χ4v) is 3.51. The van der Waals surface area contributed by atoms with Crippen LogP contribution in [0.2, 0.25) is 15.1 Å². The van der Waals surface area contributed by atoms with Crippen LogP contribution in [-0.2, 0) is 11.4 Å². The predicted molar refractivity (Wildman–Crippen MR) is 120 cm³/mol. The Balaban J connectivity index is 1.76. The first-order chi connectivity index (χ1) is 14.1. The summed E-state index contributed by atoms with van der Waals surface area (Å²) in [5, 5.41) is 6.84. The second-order valence-electron chi connectivity index (χ2n) is 6.32. The maximum absolute atomic E-state index is 6.47. The maximum atomic E-state index is 6.47. The van der Waals surface area contributed by atoms with Gasteiger partial charge in [0.1, 0.15) is 12.3 Å². The number of hydrogen-bond acceptors (Lipinski definition) is 3. The van der Waals surface area contributed by atoms with E-state index < -0.39 is 0 Å². The fraction of sp³-hybridized carbons (Fsp3) is 0.0435. The van der Waals surface area contributed by atoms with Crippen LogP contribution in [0.1, 0.15) is 16.7 Å². The van der Waals surface area contributed by atoms with E-state index in [1.54, 1.807) is 12.3 Å². The lowest BCUT2D eigenvalue weighted by molar-refractivity contribution is 0.131. The van der Waals surface area contributed by atoms with Gasteiger partial charge in [-0.2, -0.15) is 0 Å². The Bertz CT molecular complexity index is 1210. The molecule has 0 aliphatic carbocycles. The highest BCUT2D eigenvalue weighted by Gasteiger charge is 2.15. The van der Waals surface area contributed by atoms with Crippen LogP contribution in [-0.4, -0.2) is 10.7 Å². The zero-order chi connectivity index (χ0) is 20.2. The quantitative estimate of drug-likeness (QED) is 0.243. The second kappa shape index (κ2) is 8.83. The molecule has 144 valence electrons. The van der Waals surface area contributed by atoms with Crippen LogP contribution in [0.25, 0.3) is 10.9 Å². The third kappa shape index (κ3) is 4.38. The number of pyridine rings is 1. The molecule has 0 aliphatic rings. The van der Waals surface area contributed by atoms with Gasteiger partial charge in [0.15, 0.2) is 0 Å². The van der Waals surface area contributed by atoms with Gasteiger partial charge in [-0.05, 0) is 24.3 Å². The highest BCUT2D eigenvalue weighted by molar-refractivity contribution is 6.44. The number of benzene rings is 3. The zero-order valence-electron chi connectivity index (χ0n) is 15.1. The molecule has 0 atom stereocenters. The van der Waals surface area contributed by atoms with Crippen LogP contribution < -0.4 is 0 Å². The third-order valence-corrected chi connectivity index (χ3v) is 5.59. The fourth-order valence-electron chi connectivity index (χ4n) is 2.93. The van der Waals surface area contributed by atoms with Crippen molar-refractivity contribution >= 4 is 51.4 Å². The third-order valence-electron chi connectivity index (χ3n) is 4.40. The molecule has 1 heterocycles. The number of halogens is 3. The molecule has 4 aromatic rings. The van der Waals surface area contributed by atoms with Gasteiger partial charge >= 0.3 is 0 Å². The maximum Gasteiger partial charge on any atom is 0.143 e. The molecule has 29 heavy (non-hydrogen) atoms. The molecular weight excluding hydrogens is 427 g/mol. The van der Waals surface area contributed by atoms with Crippen molar-refractivity contribution in [2.45, 2.75) is 6.61 Å². The van der Waals surface area contributed by atoms with Gasteiger partial charge in [0.2, 0.25) is 0 Å². The summed E-state index contributed by atoms with van der Waals surface area (Å²) in [5.74, 6) is 0.